The molecule has 112 valence electrons. The number of aliphatic carboxylic acids is 1. The molecule has 1 heterocycles. The SMILES string of the molecule is O=C(O)CNCC1CCCN(CCCCCCO)C1. The van der Waals surface area contributed by atoms with E-state index in [2.05, 4.69) is 10.2 Å². The van der Waals surface area contributed by atoms with Gasteiger partial charge in [0.1, 0.15) is 0 Å². The number of carboxylic acids is 1. The molecule has 0 amide bonds. The normalized spacial score (nSPS) is 20.6. The summed E-state index contributed by atoms with van der Waals surface area (Å²) in [6.07, 6.45) is 6.85. The zero-order valence-corrected chi connectivity index (χ0v) is 11.8. The number of aliphatic hydroxyl groups is 1. The van der Waals surface area contributed by atoms with Gasteiger partial charge in [-0.3, -0.25) is 4.79 Å². The Kier molecular flexibility index (Phi) is 8.79. The number of rotatable bonds is 10. The number of piperidine rings is 1. The quantitative estimate of drug-likeness (QED) is 0.516. The standard InChI is InChI=1S/C14H28N2O3/c17-9-4-2-1-3-7-16-8-5-6-13(12-16)10-15-11-14(18)19/h13,15,17H,1-12H2,(H,18,19). The lowest BCUT2D eigenvalue weighted by molar-refractivity contribution is -0.136. The van der Waals surface area contributed by atoms with E-state index in [1.165, 1.54) is 32.2 Å². The molecule has 0 aromatic heterocycles. The Morgan fingerprint density at radius 3 is 2.79 bits per heavy atom. The number of unbranched alkanes of at least 4 members (excludes halogenated alkanes) is 3. The molecule has 0 saturated carbocycles. The van der Waals surface area contributed by atoms with Crippen LogP contribution in [0.4, 0.5) is 0 Å². The molecule has 5 heteroatoms. The summed E-state index contributed by atoms with van der Waals surface area (Å²) >= 11 is 0. The van der Waals surface area contributed by atoms with E-state index < -0.39 is 5.97 Å². The van der Waals surface area contributed by atoms with E-state index in [0.717, 1.165) is 32.5 Å². The number of carboxylic acid groups (broad SMARTS) is 1. The van der Waals surface area contributed by atoms with Gasteiger partial charge in [-0.25, -0.2) is 0 Å². The molecule has 1 atom stereocenters. The minimum Gasteiger partial charge on any atom is -0.480 e. The number of carbonyl (C=O) groups is 1. The van der Waals surface area contributed by atoms with Crippen molar-refractivity contribution in [3.8, 4) is 0 Å². The lowest BCUT2D eigenvalue weighted by atomic mass is 9.97. The van der Waals surface area contributed by atoms with Gasteiger partial charge in [-0.2, -0.15) is 0 Å². The molecule has 1 unspecified atom stereocenters. The smallest absolute Gasteiger partial charge is 0.317 e. The number of nitrogens with zero attached hydrogens (tertiary/aromatic N) is 1. The van der Waals surface area contributed by atoms with E-state index >= 15 is 0 Å². The molecule has 1 aliphatic rings. The Labute approximate surface area is 116 Å². The molecule has 19 heavy (non-hydrogen) atoms. The van der Waals surface area contributed by atoms with Crippen LogP contribution >= 0.6 is 0 Å². The monoisotopic (exact) mass is 272 g/mol. The maximum Gasteiger partial charge on any atom is 0.317 e. The molecular weight excluding hydrogens is 244 g/mol. The molecule has 0 radical (unpaired) electrons. The van der Waals surface area contributed by atoms with Gasteiger partial charge in [-0.1, -0.05) is 12.8 Å². The summed E-state index contributed by atoms with van der Waals surface area (Å²) in [5, 5.41) is 20.3. The van der Waals surface area contributed by atoms with Gasteiger partial charge in [-0.15, -0.1) is 0 Å². The molecule has 0 aromatic rings. The van der Waals surface area contributed by atoms with E-state index in [1.54, 1.807) is 0 Å². The Hall–Kier alpha value is -0.650. The Balaban J connectivity index is 2.06. The highest BCUT2D eigenvalue weighted by Gasteiger charge is 2.19. The fraction of sp³-hybridized carbons (Fsp3) is 0.929. The van der Waals surface area contributed by atoms with E-state index in [-0.39, 0.29) is 6.54 Å². The molecule has 5 nitrogen and oxygen atoms in total. The summed E-state index contributed by atoms with van der Waals surface area (Å²) in [5.41, 5.74) is 0. The van der Waals surface area contributed by atoms with Gasteiger partial charge >= 0.3 is 5.97 Å². The van der Waals surface area contributed by atoms with E-state index in [9.17, 15) is 4.79 Å². The van der Waals surface area contributed by atoms with Crippen LogP contribution in [0, 0.1) is 5.92 Å². The maximum atomic E-state index is 10.4. The van der Waals surface area contributed by atoms with Gasteiger partial charge in [0.2, 0.25) is 0 Å². The summed E-state index contributed by atoms with van der Waals surface area (Å²) in [5.74, 6) is -0.193. The molecule has 0 aromatic carbocycles. The summed E-state index contributed by atoms with van der Waals surface area (Å²) < 4.78 is 0. The van der Waals surface area contributed by atoms with Crippen LogP contribution < -0.4 is 5.32 Å². The second-order valence-corrected chi connectivity index (χ2v) is 5.47. The number of nitrogens with one attached hydrogen (secondary N) is 1. The minimum atomic E-state index is -0.781. The van der Waals surface area contributed by atoms with Gasteiger partial charge in [0.15, 0.2) is 0 Å². The van der Waals surface area contributed by atoms with Gasteiger partial charge in [-0.05, 0) is 51.2 Å². The lowest BCUT2D eigenvalue weighted by Crippen LogP contribution is -2.40. The number of likely N-dealkylation sites (tertiary alicyclic amines) is 1. The topological polar surface area (TPSA) is 72.8 Å². The van der Waals surface area contributed by atoms with Crippen molar-refractivity contribution in [2.45, 2.75) is 38.5 Å². The van der Waals surface area contributed by atoms with E-state index in [1.807, 2.05) is 0 Å². The highest BCUT2D eigenvalue weighted by Crippen LogP contribution is 2.16. The number of hydrogen-bond donors (Lipinski definition) is 3. The van der Waals surface area contributed by atoms with Gasteiger partial charge in [0.25, 0.3) is 0 Å². The molecule has 3 N–H and O–H groups in total. The molecule has 0 aliphatic carbocycles. The average molecular weight is 272 g/mol. The van der Waals surface area contributed by atoms with Crippen LogP contribution in [0.15, 0.2) is 0 Å². The highest BCUT2D eigenvalue weighted by atomic mass is 16.4. The van der Waals surface area contributed by atoms with Gasteiger partial charge in [0.05, 0.1) is 6.54 Å². The maximum absolute atomic E-state index is 10.4. The molecule has 1 saturated heterocycles. The van der Waals surface area contributed by atoms with Crippen molar-refractivity contribution >= 4 is 5.97 Å². The first-order chi connectivity index (χ1) is 9.22. The van der Waals surface area contributed by atoms with Crippen LogP contribution in [0.2, 0.25) is 0 Å². The second-order valence-electron chi connectivity index (χ2n) is 5.47. The largest absolute Gasteiger partial charge is 0.480 e. The van der Waals surface area contributed by atoms with Crippen LogP contribution in [0.1, 0.15) is 38.5 Å². The van der Waals surface area contributed by atoms with Crippen molar-refractivity contribution in [3.05, 3.63) is 0 Å². The van der Waals surface area contributed by atoms with E-state index in [4.69, 9.17) is 10.2 Å². The fourth-order valence-corrected chi connectivity index (χ4v) is 2.70. The summed E-state index contributed by atoms with van der Waals surface area (Å²) in [4.78, 5) is 12.9. The summed E-state index contributed by atoms with van der Waals surface area (Å²) in [6.45, 7) is 4.59. The molecule has 1 rings (SSSR count). The van der Waals surface area contributed by atoms with Crippen LogP contribution in [0.3, 0.4) is 0 Å². The summed E-state index contributed by atoms with van der Waals surface area (Å²) in [6, 6.07) is 0. The molecule has 1 aliphatic heterocycles. The van der Waals surface area contributed by atoms with Crippen LogP contribution in [-0.4, -0.2) is 60.4 Å². The van der Waals surface area contributed by atoms with Crippen molar-refractivity contribution in [3.63, 3.8) is 0 Å². The zero-order chi connectivity index (χ0) is 13.9. The van der Waals surface area contributed by atoms with E-state index in [0.29, 0.717) is 12.5 Å². The van der Waals surface area contributed by atoms with Crippen LogP contribution in [-0.2, 0) is 4.79 Å². The first-order valence-electron chi connectivity index (χ1n) is 7.48. The average Bonchev–Trinajstić information content (AvgIpc) is 2.39. The minimum absolute atomic E-state index is 0.0671. The molecule has 0 bridgehead atoms. The second kappa shape index (κ2) is 10.2. The predicted octanol–water partition coefficient (Wildman–Crippen LogP) is 0.925. The predicted molar refractivity (Wildman–Crippen MR) is 75.2 cm³/mol. The Bertz CT molecular complexity index is 249. The Morgan fingerprint density at radius 1 is 1.26 bits per heavy atom. The third-order valence-corrected chi connectivity index (χ3v) is 3.69. The fourth-order valence-electron chi connectivity index (χ4n) is 2.70. The first kappa shape index (κ1) is 16.4. The van der Waals surface area contributed by atoms with Gasteiger partial charge < -0.3 is 20.4 Å². The van der Waals surface area contributed by atoms with Crippen LogP contribution in [0.5, 0.6) is 0 Å². The highest BCUT2D eigenvalue weighted by molar-refractivity contribution is 5.68. The van der Waals surface area contributed by atoms with Crippen molar-refractivity contribution in [1.29, 1.82) is 0 Å². The number of hydrogen-bond acceptors (Lipinski definition) is 4. The third-order valence-electron chi connectivity index (χ3n) is 3.69. The molecule has 1 fully saturated rings. The number of aliphatic hydroxyl groups excluding tert-OH is 1. The van der Waals surface area contributed by atoms with Crippen molar-refractivity contribution < 1.29 is 15.0 Å². The molecule has 0 spiro atoms. The first-order valence-corrected chi connectivity index (χ1v) is 7.48. The summed E-state index contributed by atoms with van der Waals surface area (Å²) in [7, 11) is 0. The van der Waals surface area contributed by atoms with Gasteiger partial charge in [0, 0.05) is 13.2 Å². The third kappa shape index (κ3) is 8.18. The zero-order valence-electron chi connectivity index (χ0n) is 11.8. The molecular formula is C14H28N2O3. The van der Waals surface area contributed by atoms with Crippen molar-refractivity contribution in [2.24, 2.45) is 5.92 Å². The Morgan fingerprint density at radius 2 is 2.05 bits per heavy atom. The lowest BCUT2D eigenvalue weighted by Gasteiger charge is -2.32. The van der Waals surface area contributed by atoms with Crippen LogP contribution in [0.25, 0.3) is 0 Å². The van der Waals surface area contributed by atoms with Crippen molar-refractivity contribution in [2.75, 3.05) is 39.3 Å². The van der Waals surface area contributed by atoms with Crippen molar-refractivity contribution in [1.82, 2.24) is 10.2 Å².